The quantitative estimate of drug-likeness (QED) is 0.558. The first-order valence-corrected chi connectivity index (χ1v) is 4.21. The van der Waals surface area contributed by atoms with Crippen LogP contribution in [0, 0.1) is 0 Å². The lowest BCUT2D eigenvalue weighted by molar-refractivity contribution is 1.08. The average molecular weight is 169 g/mol. The highest BCUT2D eigenvalue weighted by Gasteiger charge is 2.00. The summed E-state index contributed by atoms with van der Waals surface area (Å²) >= 11 is 0. The maximum Gasteiger partial charge on any atom is 0.174 e. The zero-order chi connectivity index (χ0) is 8.67. The molecule has 0 unspecified atom stereocenters. The van der Waals surface area contributed by atoms with Crippen LogP contribution in [0.1, 0.15) is 0 Å². The smallest absolute Gasteiger partial charge is 0.174 e. The molecule has 13 heavy (non-hydrogen) atoms. The molecule has 1 aliphatic heterocycles. The highest BCUT2D eigenvalue weighted by atomic mass is 14.9. The van der Waals surface area contributed by atoms with Crippen LogP contribution >= 0.6 is 0 Å². The molecule has 3 heteroatoms. The standard InChI is InChI=1S/C10H7N3/c1-2-4-8-7(3-1)12-9-5-6-11-10(9)13-8/h1-5H,6H2. The molecule has 0 saturated heterocycles. The summed E-state index contributed by atoms with van der Waals surface area (Å²) in [5.74, 6) is 0. The first-order valence-electron chi connectivity index (χ1n) is 4.21. The Morgan fingerprint density at radius 3 is 2.62 bits per heavy atom. The van der Waals surface area contributed by atoms with Gasteiger partial charge in [0.15, 0.2) is 5.49 Å². The van der Waals surface area contributed by atoms with Crippen LogP contribution in [-0.4, -0.2) is 16.5 Å². The van der Waals surface area contributed by atoms with Crippen molar-refractivity contribution in [1.82, 2.24) is 9.97 Å². The van der Waals surface area contributed by atoms with Gasteiger partial charge >= 0.3 is 0 Å². The first kappa shape index (κ1) is 6.71. The molecule has 1 aromatic carbocycles. The van der Waals surface area contributed by atoms with E-state index in [1.54, 1.807) is 0 Å². The third-order valence-electron chi connectivity index (χ3n) is 2.10. The highest BCUT2D eigenvalue weighted by Crippen LogP contribution is 2.02. The Bertz CT molecular complexity index is 534. The van der Waals surface area contributed by atoms with E-state index in [9.17, 15) is 0 Å². The summed E-state index contributed by atoms with van der Waals surface area (Å²) in [6.45, 7) is 0.714. The lowest BCUT2D eigenvalue weighted by Gasteiger charge is -1.92. The van der Waals surface area contributed by atoms with Crippen LogP contribution in [0.5, 0.6) is 0 Å². The lowest BCUT2D eigenvalue weighted by Crippen LogP contribution is -2.28. The van der Waals surface area contributed by atoms with E-state index in [0.29, 0.717) is 6.54 Å². The molecule has 0 N–H and O–H groups in total. The Labute approximate surface area is 74.5 Å². The van der Waals surface area contributed by atoms with Crippen molar-refractivity contribution in [2.75, 3.05) is 6.54 Å². The van der Waals surface area contributed by atoms with Crippen molar-refractivity contribution >= 4 is 17.1 Å². The Kier molecular flexibility index (Phi) is 1.22. The summed E-state index contributed by atoms with van der Waals surface area (Å²) in [5, 5.41) is 0.915. The molecule has 2 heterocycles. The fourth-order valence-corrected chi connectivity index (χ4v) is 1.48. The molecule has 0 amide bonds. The molecule has 0 aliphatic carbocycles. The Morgan fingerprint density at radius 2 is 1.77 bits per heavy atom. The van der Waals surface area contributed by atoms with Gasteiger partial charge in [-0.25, -0.2) is 9.97 Å². The predicted octanol–water partition coefficient (Wildman–Crippen LogP) is 0.0435. The molecule has 62 valence electrons. The molecule has 0 radical (unpaired) electrons. The van der Waals surface area contributed by atoms with Gasteiger partial charge in [0, 0.05) is 0 Å². The second-order valence-corrected chi connectivity index (χ2v) is 2.97. The minimum Gasteiger partial charge on any atom is -0.261 e. The van der Waals surface area contributed by atoms with E-state index in [1.807, 2.05) is 30.3 Å². The van der Waals surface area contributed by atoms with E-state index in [1.165, 1.54) is 0 Å². The van der Waals surface area contributed by atoms with Gasteiger partial charge in [0.1, 0.15) is 5.35 Å². The van der Waals surface area contributed by atoms with Gasteiger partial charge in [-0.3, -0.25) is 4.99 Å². The zero-order valence-corrected chi connectivity index (χ0v) is 6.94. The van der Waals surface area contributed by atoms with Crippen LogP contribution in [-0.2, 0) is 0 Å². The molecular formula is C10H7N3. The van der Waals surface area contributed by atoms with Crippen LogP contribution in [0.2, 0.25) is 0 Å². The van der Waals surface area contributed by atoms with Gasteiger partial charge < -0.3 is 0 Å². The van der Waals surface area contributed by atoms with Gasteiger partial charge in [0.2, 0.25) is 0 Å². The molecule has 0 fully saturated rings. The van der Waals surface area contributed by atoms with E-state index in [0.717, 1.165) is 21.9 Å². The van der Waals surface area contributed by atoms with Crippen LogP contribution < -0.4 is 10.8 Å². The summed E-state index contributed by atoms with van der Waals surface area (Å²) in [6, 6.07) is 7.85. The molecule has 0 atom stereocenters. The topological polar surface area (TPSA) is 38.1 Å². The normalized spacial score (nSPS) is 13.5. The number of hydrogen-bond acceptors (Lipinski definition) is 3. The molecule has 1 aromatic heterocycles. The number of hydrogen-bond donors (Lipinski definition) is 0. The van der Waals surface area contributed by atoms with Crippen LogP contribution in [0.15, 0.2) is 29.3 Å². The maximum atomic E-state index is 4.44. The molecule has 2 aromatic rings. The fraction of sp³-hybridized carbons (Fsp3) is 0.100. The van der Waals surface area contributed by atoms with Gasteiger partial charge in [0.05, 0.1) is 17.6 Å². The maximum absolute atomic E-state index is 4.44. The molecule has 1 aliphatic rings. The van der Waals surface area contributed by atoms with Crippen molar-refractivity contribution in [3.63, 3.8) is 0 Å². The van der Waals surface area contributed by atoms with E-state index in [2.05, 4.69) is 15.0 Å². The van der Waals surface area contributed by atoms with Crippen molar-refractivity contribution in [2.24, 2.45) is 4.99 Å². The summed E-state index contributed by atoms with van der Waals surface area (Å²) < 4.78 is 0. The Hall–Kier alpha value is -1.77. The Balaban J connectivity index is 2.58. The van der Waals surface area contributed by atoms with Gasteiger partial charge in [-0.2, -0.15) is 0 Å². The first-order chi connectivity index (χ1) is 6.43. The molecule has 3 nitrogen and oxygen atoms in total. The van der Waals surface area contributed by atoms with Gasteiger partial charge in [-0.05, 0) is 18.2 Å². The van der Waals surface area contributed by atoms with Crippen molar-refractivity contribution < 1.29 is 0 Å². The van der Waals surface area contributed by atoms with Crippen molar-refractivity contribution in [2.45, 2.75) is 0 Å². The number of rotatable bonds is 0. The molecular weight excluding hydrogens is 162 g/mol. The Morgan fingerprint density at radius 1 is 1.00 bits per heavy atom. The molecule has 3 rings (SSSR count). The average Bonchev–Trinajstić information content (AvgIpc) is 2.61. The minimum atomic E-state index is 0.714. The van der Waals surface area contributed by atoms with Crippen molar-refractivity contribution in [1.29, 1.82) is 0 Å². The third kappa shape index (κ3) is 0.935. The monoisotopic (exact) mass is 169 g/mol. The van der Waals surface area contributed by atoms with Crippen LogP contribution in [0.25, 0.3) is 17.1 Å². The van der Waals surface area contributed by atoms with E-state index in [-0.39, 0.29) is 0 Å². The number of nitrogens with zero attached hydrogens (tertiary/aromatic N) is 3. The van der Waals surface area contributed by atoms with Gasteiger partial charge in [-0.1, -0.05) is 12.1 Å². The number of para-hydroxylation sites is 2. The zero-order valence-electron chi connectivity index (χ0n) is 6.94. The second-order valence-electron chi connectivity index (χ2n) is 2.97. The summed E-state index contributed by atoms with van der Waals surface area (Å²) in [4.78, 5) is 13.1. The minimum absolute atomic E-state index is 0.714. The lowest BCUT2D eigenvalue weighted by atomic mass is 10.3. The number of fused-ring (bicyclic) bond motifs is 2. The summed E-state index contributed by atoms with van der Waals surface area (Å²) in [5.41, 5.74) is 2.63. The third-order valence-corrected chi connectivity index (χ3v) is 2.10. The van der Waals surface area contributed by atoms with E-state index >= 15 is 0 Å². The van der Waals surface area contributed by atoms with E-state index < -0.39 is 0 Å². The fourth-order valence-electron chi connectivity index (χ4n) is 1.48. The van der Waals surface area contributed by atoms with Gasteiger partial charge in [-0.15, -0.1) is 0 Å². The van der Waals surface area contributed by atoms with Crippen molar-refractivity contribution in [3.8, 4) is 0 Å². The van der Waals surface area contributed by atoms with E-state index in [4.69, 9.17) is 0 Å². The highest BCUT2D eigenvalue weighted by molar-refractivity contribution is 5.73. The molecule has 0 bridgehead atoms. The summed E-state index contributed by atoms with van der Waals surface area (Å²) in [7, 11) is 0. The SMILES string of the molecule is C1=c2nc3ccccc3nc2=NC1. The predicted molar refractivity (Wildman–Crippen MR) is 49.7 cm³/mol. The van der Waals surface area contributed by atoms with Crippen LogP contribution in [0.3, 0.4) is 0 Å². The number of aromatic nitrogens is 2. The summed E-state index contributed by atoms with van der Waals surface area (Å²) in [6.07, 6.45) is 1.99. The van der Waals surface area contributed by atoms with Crippen LogP contribution in [0.4, 0.5) is 0 Å². The number of benzene rings is 1. The van der Waals surface area contributed by atoms with Crippen molar-refractivity contribution in [3.05, 3.63) is 35.1 Å². The molecule has 0 saturated carbocycles. The van der Waals surface area contributed by atoms with Gasteiger partial charge in [0.25, 0.3) is 0 Å². The second kappa shape index (κ2) is 2.36. The largest absolute Gasteiger partial charge is 0.261 e. The molecule has 0 spiro atoms.